The number of hydroxylamine groups is 2. The Morgan fingerprint density at radius 3 is 2.48 bits per heavy atom. The van der Waals surface area contributed by atoms with Crippen LogP contribution in [0.4, 0.5) is 0 Å². The van der Waals surface area contributed by atoms with Crippen LogP contribution in [0.3, 0.4) is 0 Å². The standard InChI is InChI=1S/C19H23NO7/c1-11(22)20(9-13-7-4-6-12-5-2-3-8-14(12)13)27-19-18(25)17(24)16(23)15(10-21)26-19/h2-8,15-19,21,23-25H,9-10H2,1H3/t15-,16+,17+,18-,19+/m1/s1. The molecule has 0 aromatic heterocycles. The first-order valence-corrected chi connectivity index (χ1v) is 8.64. The first-order chi connectivity index (χ1) is 12.9. The Hall–Kier alpha value is -2.07. The molecule has 3 rings (SSSR count). The number of fused-ring (bicyclic) bond motifs is 1. The number of carbonyl (C=O) groups excluding carboxylic acids is 1. The van der Waals surface area contributed by atoms with E-state index in [-0.39, 0.29) is 6.54 Å². The van der Waals surface area contributed by atoms with Gasteiger partial charge in [-0.2, -0.15) is 0 Å². The van der Waals surface area contributed by atoms with E-state index in [1.165, 1.54) is 6.92 Å². The fourth-order valence-electron chi connectivity index (χ4n) is 3.09. The van der Waals surface area contributed by atoms with E-state index in [1.807, 2.05) is 42.5 Å². The predicted octanol–water partition coefficient (Wildman–Crippen LogP) is -0.0802. The summed E-state index contributed by atoms with van der Waals surface area (Å²) in [5, 5.41) is 42.1. The summed E-state index contributed by atoms with van der Waals surface area (Å²) in [6.45, 7) is 0.815. The molecular weight excluding hydrogens is 354 g/mol. The van der Waals surface area contributed by atoms with Gasteiger partial charge < -0.3 is 25.2 Å². The van der Waals surface area contributed by atoms with E-state index in [0.29, 0.717) is 0 Å². The van der Waals surface area contributed by atoms with Crippen molar-refractivity contribution in [2.45, 2.75) is 44.2 Å². The Balaban J connectivity index is 1.81. The number of ether oxygens (including phenoxy) is 1. The molecule has 8 heteroatoms. The maximum atomic E-state index is 12.1. The molecule has 1 aliphatic rings. The molecule has 27 heavy (non-hydrogen) atoms. The maximum absolute atomic E-state index is 12.1. The van der Waals surface area contributed by atoms with Gasteiger partial charge in [0.15, 0.2) is 0 Å². The monoisotopic (exact) mass is 377 g/mol. The van der Waals surface area contributed by atoms with Gasteiger partial charge in [-0.25, -0.2) is 9.90 Å². The Morgan fingerprint density at radius 1 is 1.07 bits per heavy atom. The topological polar surface area (TPSA) is 120 Å². The van der Waals surface area contributed by atoms with Gasteiger partial charge in [0.05, 0.1) is 13.2 Å². The van der Waals surface area contributed by atoms with E-state index >= 15 is 0 Å². The highest BCUT2D eigenvalue weighted by Gasteiger charge is 2.45. The lowest BCUT2D eigenvalue weighted by atomic mass is 9.99. The first-order valence-electron chi connectivity index (χ1n) is 8.64. The average Bonchev–Trinajstić information content (AvgIpc) is 2.67. The second kappa shape index (κ2) is 8.30. The predicted molar refractivity (Wildman–Crippen MR) is 95.0 cm³/mol. The van der Waals surface area contributed by atoms with Crippen molar-refractivity contribution in [1.82, 2.24) is 5.06 Å². The van der Waals surface area contributed by atoms with Gasteiger partial charge in [0.2, 0.25) is 12.2 Å². The smallest absolute Gasteiger partial charge is 0.243 e. The highest BCUT2D eigenvalue weighted by molar-refractivity contribution is 5.86. The number of amides is 1. The highest BCUT2D eigenvalue weighted by atomic mass is 16.8. The Bertz CT molecular complexity index is 791. The Labute approximate surface area is 156 Å². The van der Waals surface area contributed by atoms with Crippen LogP contribution >= 0.6 is 0 Å². The number of hydrogen-bond acceptors (Lipinski definition) is 7. The summed E-state index contributed by atoms with van der Waals surface area (Å²) >= 11 is 0. The molecule has 1 heterocycles. The number of benzene rings is 2. The molecule has 0 bridgehead atoms. The minimum atomic E-state index is -1.59. The van der Waals surface area contributed by atoms with Crippen molar-refractivity contribution < 1.29 is 34.8 Å². The third-order valence-corrected chi connectivity index (χ3v) is 4.62. The molecule has 146 valence electrons. The minimum Gasteiger partial charge on any atom is -0.394 e. The first kappa shape index (κ1) is 19.7. The Kier molecular flexibility index (Phi) is 6.05. The summed E-state index contributed by atoms with van der Waals surface area (Å²) in [6, 6.07) is 13.4. The molecule has 4 N–H and O–H groups in total. The molecular formula is C19H23NO7. The van der Waals surface area contributed by atoms with Gasteiger partial charge >= 0.3 is 0 Å². The molecule has 0 saturated carbocycles. The van der Waals surface area contributed by atoms with E-state index in [4.69, 9.17) is 9.57 Å². The quantitative estimate of drug-likeness (QED) is 0.538. The van der Waals surface area contributed by atoms with Gasteiger partial charge in [-0.3, -0.25) is 4.79 Å². The van der Waals surface area contributed by atoms with Crippen LogP contribution in [0.25, 0.3) is 10.8 Å². The van der Waals surface area contributed by atoms with Crippen molar-refractivity contribution in [3.05, 3.63) is 48.0 Å². The number of aliphatic hydroxyl groups excluding tert-OH is 4. The van der Waals surface area contributed by atoms with Crippen LogP contribution in [0.2, 0.25) is 0 Å². The molecule has 5 atom stereocenters. The normalized spacial score (nSPS) is 28.3. The van der Waals surface area contributed by atoms with Crippen LogP contribution < -0.4 is 0 Å². The minimum absolute atomic E-state index is 0.0890. The number of aliphatic hydroxyl groups is 4. The highest BCUT2D eigenvalue weighted by Crippen LogP contribution is 2.25. The van der Waals surface area contributed by atoms with Crippen LogP contribution in [0.5, 0.6) is 0 Å². The molecule has 0 unspecified atom stereocenters. The van der Waals surface area contributed by atoms with Gasteiger partial charge in [-0.15, -0.1) is 0 Å². The van der Waals surface area contributed by atoms with Crippen molar-refractivity contribution in [1.29, 1.82) is 0 Å². The largest absolute Gasteiger partial charge is 0.394 e. The molecule has 1 amide bonds. The van der Waals surface area contributed by atoms with E-state index in [9.17, 15) is 25.2 Å². The molecule has 2 aromatic carbocycles. The van der Waals surface area contributed by atoms with Gasteiger partial charge in [0, 0.05) is 6.92 Å². The van der Waals surface area contributed by atoms with Crippen molar-refractivity contribution in [2.75, 3.05) is 6.61 Å². The summed E-state index contributed by atoms with van der Waals surface area (Å²) < 4.78 is 5.31. The van der Waals surface area contributed by atoms with E-state index in [1.54, 1.807) is 0 Å². The van der Waals surface area contributed by atoms with E-state index in [2.05, 4.69) is 0 Å². The molecule has 0 spiro atoms. The molecule has 1 fully saturated rings. The summed E-state index contributed by atoms with van der Waals surface area (Å²) in [6.07, 6.45) is -7.18. The lowest BCUT2D eigenvalue weighted by Crippen LogP contribution is -2.60. The lowest BCUT2D eigenvalue weighted by molar-refractivity contribution is -0.354. The number of hydrogen-bond donors (Lipinski definition) is 4. The maximum Gasteiger partial charge on any atom is 0.243 e. The van der Waals surface area contributed by atoms with Crippen molar-refractivity contribution >= 4 is 16.7 Å². The zero-order valence-corrected chi connectivity index (χ0v) is 14.8. The molecule has 1 aliphatic heterocycles. The summed E-state index contributed by atoms with van der Waals surface area (Å²) in [4.78, 5) is 17.6. The van der Waals surface area contributed by atoms with E-state index in [0.717, 1.165) is 21.4 Å². The lowest BCUT2D eigenvalue weighted by Gasteiger charge is -2.40. The van der Waals surface area contributed by atoms with Crippen molar-refractivity contribution in [3.8, 4) is 0 Å². The number of carbonyl (C=O) groups is 1. The van der Waals surface area contributed by atoms with Gasteiger partial charge in [0.1, 0.15) is 24.4 Å². The summed E-state index contributed by atoms with van der Waals surface area (Å²) in [7, 11) is 0. The average molecular weight is 377 g/mol. The van der Waals surface area contributed by atoms with Gasteiger partial charge in [-0.1, -0.05) is 42.5 Å². The van der Waals surface area contributed by atoms with Crippen molar-refractivity contribution in [3.63, 3.8) is 0 Å². The SMILES string of the molecule is CC(=O)N(Cc1cccc2ccccc12)O[C@@H]1O[C@H](CO)[C@H](O)[C@H](O)[C@H]1O. The molecule has 8 nitrogen and oxygen atoms in total. The third-order valence-electron chi connectivity index (χ3n) is 4.62. The van der Waals surface area contributed by atoms with Crippen LogP contribution in [0.1, 0.15) is 12.5 Å². The van der Waals surface area contributed by atoms with Crippen LogP contribution in [-0.4, -0.2) is 68.7 Å². The van der Waals surface area contributed by atoms with E-state index < -0.39 is 43.2 Å². The second-order valence-electron chi connectivity index (χ2n) is 6.50. The number of nitrogens with zero attached hydrogens (tertiary/aromatic N) is 1. The summed E-state index contributed by atoms with van der Waals surface area (Å²) in [5.74, 6) is -0.431. The Morgan fingerprint density at radius 2 is 1.78 bits per heavy atom. The van der Waals surface area contributed by atoms with Crippen LogP contribution in [0, 0.1) is 0 Å². The summed E-state index contributed by atoms with van der Waals surface area (Å²) in [5.41, 5.74) is 0.827. The van der Waals surface area contributed by atoms with Crippen LogP contribution in [-0.2, 0) is 20.9 Å². The zero-order chi connectivity index (χ0) is 19.6. The number of rotatable bonds is 5. The van der Waals surface area contributed by atoms with Crippen LogP contribution in [0.15, 0.2) is 42.5 Å². The molecule has 2 aromatic rings. The molecule has 1 saturated heterocycles. The van der Waals surface area contributed by atoms with Gasteiger partial charge in [-0.05, 0) is 16.3 Å². The van der Waals surface area contributed by atoms with Gasteiger partial charge in [0.25, 0.3) is 0 Å². The molecule has 0 aliphatic carbocycles. The van der Waals surface area contributed by atoms with Crippen molar-refractivity contribution in [2.24, 2.45) is 0 Å². The fourth-order valence-corrected chi connectivity index (χ4v) is 3.09. The third kappa shape index (κ3) is 4.11. The second-order valence-corrected chi connectivity index (χ2v) is 6.50. The molecule has 0 radical (unpaired) electrons. The fraction of sp³-hybridized carbons (Fsp3) is 0.421. The zero-order valence-electron chi connectivity index (χ0n) is 14.8.